The first-order chi connectivity index (χ1) is 29.2. The number of carbonyl (C=O) groups is 2. The van der Waals surface area contributed by atoms with Crippen molar-refractivity contribution in [2.24, 2.45) is 0 Å². The van der Waals surface area contributed by atoms with Crippen LogP contribution in [0.15, 0.2) is 74.6 Å². The van der Waals surface area contributed by atoms with E-state index in [1.165, 1.54) is 22.0 Å². The maximum Gasteiger partial charge on any atom is 0.246 e. The molecule has 2 saturated heterocycles. The zero-order chi connectivity index (χ0) is 41.3. The third kappa shape index (κ3) is 8.48. The number of anilines is 4. The second-order valence-corrected chi connectivity index (χ2v) is 15.2. The number of nitrogens with one attached hydrogen (secondary N) is 4. The summed E-state index contributed by atoms with van der Waals surface area (Å²) in [6.07, 6.45) is 14.1. The molecule has 2 amide bonds. The van der Waals surface area contributed by atoms with Crippen LogP contribution in [0.25, 0.3) is 22.1 Å². The molecule has 18 nitrogen and oxygen atoms in total. The smallest absolute Gasteiger partial charge is 0.246 e. The molecule has 0 radical (unpaired) electrons. The lowest BCUT2D eigenvalue weighted by atomic mass is 10.1. The molecule has 0 unspecified atom stereocenters. The van der Waals surface area contributed by atoms with Crippen molar-refractivity contribution in [2.45, 2.75) is 75.2 Å². The van der Waals surface area contributed by atoms with Crippen LogP contribution >= 0.6 is 0 Å². The summed E-state index contributed by atoms with van der Waals surface area (Å²) in [6, 6.07) is 4.51. The van der Waals surface area contributed by atoms with Crippen molar-refractivity contribution in [3.05, 3.63) is 74.6 Å². The minimum atomic E-state index is -1.20. The molecule has 8 heterocycles. The van der Waals surface area contributed by atoms with Crippen LogP contribution in [0, 0.1) is 0 Å². The molecule has 4 atom stereocenters. The number of aromatic nitrogens is 10. The highest BCUT2D eigenvalue weighted by molar-refractivity contribution is 5.88. The van der Waals surface area contributed by atoms with Gasteiger partial charge in [0.2, 0.25) is 35.5 Å². The van der Waals surface area contributed by atoms with Gasteiger partial charge < -0.3 is 39.9 Å². The van der Waals surface area contributed by atoms with E-state index in [9.17, 15) is 18.4 Å². The van der Waals surface area contributed by atoms with Gasteiger partial charge in [-0.3, -0.25) is 19.0 Å². The fraction of sp³-hybridized carbons (Fsp3) is 0.400. The molecule has 0 aromatic carbocycles. The van der Waals surface area contributed by atoms with Gasteiger partial charge in [0.15, 0.2) is 0 Å². The highest BCUT2D eigenvalue weighted by atomic mass is 19.1. The number of H-pyrrole nitrogens is 2. The fourth-order valence-corrected chi connectivity index (χ4v) is 7.20. The van der Waals surface area contributed by atoms with Crippen LogP contribution in [-0.2, 0) is 9.59 Å². The maximum atomic E-state index is 14.6. The largest absolute Gasteiger partial charge is 0.469 e. The molecule has 6 aromatic rings. The molecule has 4 fully saturated rings. The van der Waals surface area contributed by atoms with Gasteiger partial charge in [-0.25, -0.2) is 8.78 Å². The monoisotopic (exact) mass is 822 g/mol. The molecular weight excluding hydrogens is 779 g/mol. The minimum Gasteiger partial charge on any atom is -0.469 e. The molecule has 10 rings (SSSR count). The molecule has 2 aliphatic carbocycles. The van der Waals surface area contributed by atoms with Gasteiger partial charge in [0.25, 0.3) is 0 Å². The predicted octanol–water partition coefficient (Wildman–Crippen LogP) is 5.47. The first kappa shape index (κ1) is 38.6. The number of rotatable bonds is 12. The van der Waals surface area contributed by atoms with Gasteiger partial charge in [-0.15, -0.1) is 0 Å². The predicted molar refractivity (Wildman–Crippen MR) is 217 cm³/mol. The molecule has 4 aliphatic rings. The third-order valence-corrected chi connectivity index (χ3v) is 10.8. The first-order valence-electron chi connectivity index (χ1n) is 20.0. The number of amides is 2. The molecule has 6 aromatic heterocycles. The first-order valence-corrected chi connectivity index (χ1v) is 20.0. The zero-order valence-corrected chi connectivity index (χ0v) is 32.6. The van der Waals surface area contributed by atoms with Crippen molar-refractivity contribution in [1.29, 1.82) is 0 Å². The summed E-state index contributed by atoms with van der Waals surface area (Å²) in [6.45, 7) is 7.96. The van der Waals surface area contributed by atoms with Crippen molar-refractivity contribution in [3.63, 3.8) is 0 Å². The van der Waals surface area contributed by atoms with Gasteiger partial charge in [-0.1, -0.05) is 13.2 Å². The van der Waals surface area contributed by atoms with Crippen LogP contribution in [0.3, 0.4) is 0 Å². The average molecular weight is 823 g/mol. The molecule has 2 saturated carbocycles. The van der Waals surface area contributed by atoms with Crippen LogP contribution < -0.4 is 20.1 Å². The Labute approximate surface area is 342 Å². The standard InChI is InChI=1S/2C20H22FN7O2/c2*1-2-17(29)27-8-6-15(21)16(11-27)30-19-14-5-7-22-18(14)25-20(26-19)24-12-9-23-28(10-12)13-3-4-13/h2*2,5,7,9-10,13,15-16H,1,3-4,6,8,11H2,(H2,22,24,25,26)/t2*15-,16-/m10/s1. The number of piperidine rings is 2. The maximum absolute atomic E-state index is 14.6. The number of nitrogens with zero attached hydrogens (tertiary/aromatic N) is 10. The Balaban J connectivity index is 0.000000154. The number of fused-ring (bicyclic) bond motifs is 2. The van der Waals surface area contributed by atoms with Crippen LogP contribution in [0.5, 0.6) is 11.8 Å². The minimum absolute atomic E-state index is 0.138. The zero-order valence-electron chi connectivity index (χ0n) is 32.6. The fourth-order valence-electron chi connectivity index (χ4n) is 7.20. The van der Waals surface area contributed by atoms with Crippen LogP contribution in [0.2, 0.25) is 0 Å². The number of halogens is 2. The lowest BCUT2D eigenvalue weighted by Crippen LogP contribution is -2.49. The van der Waals surface area contributed by atoms with Gasteiger partial charge in [-0.2, -0.15) is 30.1 Å². The van der Waals surface area contributed by atoms with E-state index in [2.05, 4.69) is 63.9 Å². The van der Waals surface area contributed by atoms with E-state index in [1.54, 1.807) is 36.9 Å². The Morgan fingerprint density at radius 1 is 0.683 bits per heavy atom. The number of ether oxygens (including phenoxy) is 2. The SMILES string of the molecule is C=CC(=O)N1CC[C@@H](F)[C@H](Oc2nc(Nc3cnn(C4CC4)c3)nc3[nH]ccc23)C1.C=CC(=O)N1CC[C@H](F)[C@@H](Oc2nc(Nc3cnn(C4CC4)c3)nc3[nH]ccc23)C1. The molecule has 60 heavy (non-hydrogen) atoms. The Kier molecular flexibility index (Phi) is 10.6. The number of likely N-dealkylation sites (tertiary alicyclic amines) is 2. The summed E-state index contributed by atoms with van der Waals surface area (Å²) in [5, 5.41) is 16.3. The van der Waals surface area contributed by atoms with Gasteiger partial charge >= 0.3 is 0 Å². The molecule has 312 valence electrons. The summed E-state index contributed by atoms with van der Waals surface area (Å²) in [5.74, 6) is 0.693. The van der Waals surface area contributed by atoms with Crippen molar-refractivity contribution in [1.82, 2.24) is 59.3 Å². The van der Waals surface area contributed by atoms with Crippen molar-refractivity contribution in [2.75, 3.05) is 36.8 Å². The quantitative estimate of drug-likeness (QED) is 0.114. The van der Waals surface area contributed by atoms with E-state index in [1.807, 2.05) is 21.8 Å². The van der Waals surface area contributed by atoms with E-state index in [0.29, 0.717) is 59.1 Å². The van der Waals surface area contributed by atoms with Crippen molar-refractivity contribution < 1.29 is 27.8 Å². The van der Waals surface area contributed by atoms with Crippen LogP contribution in [-0.4, -0.2) is 122 Å². The molecule has 4 N–H and O–H groups in total. The molecule has 0 spiro atoms. The van der Waals surface area contributed by atoms with Crippen molar-refractivity contribution >= 4 is 57.2 Å². The molecule has 20 heteroatoms. The van der Waals surface area contributed by atoms with Crippen LogP contribution in [0.4, 0.5) is 32.1 Å². The highest BCUT2D eigenvalue weighted by Crippen LogP contribution is 2.36. The van der Waals surface area contributed by atoms with E-state index >= 15 is 0 Å². The molecule has 0 bridgehead atoms. The third-order valence-electron chi connectivity index (χ3n) is 10.8. The topological polar surface area (TPSA) is 202 Å². The summed E-state index contributed by atoms with van der Waals surface area (Å²) < 4.78 is 44.9. The summed E-state index contributed by atoms with van der Waals surface area (Å²) >= 11 is 0. The number of aromatic amines is 2. The van der Waals surface area contributed by atoms with E-state index < -0.39 is 24.6 Å². The normalized spacial score (nSPS) is 21.6. The number of hydrogen-bond donors (Lipinski definition) is 4. The lowest BCUT2D eigenvalue weighted by molar-refractivity contribution is -0.130. The molecular formula is C40H44F2N14O4. The van der Waals surface area contributed by atoms with Gasteiger partial charge in [-0.05, 0) is 62.8 Å². The van der Waals surface area contributed by atoms with E-state index in [0.717, 1.165) is 37.1 Å². The Bertz CT molecular complexity index is 2350. The number of hydrogen-bond acceptors (Lipinski definition) is 12. The number of carbonyl (C=O) groups excluding carboxylic acids is 2. The Morgan fingerprint density at radius 3 is 1.52 bits per heavy atom. The summed E-state index contributed by atoms with van der Waals surface area (Å²) in [7, 11) is 0. The van der Waals surface area contributed by atoms with Gasteiger partial charge in [0.1, 0.15) is 35.8 Å². The Hall–Kier alpha value is -6.86. The van der Waals surface area contributed by atoms with Gasteiger partial charge in [0, 0.05) is 37.9 Å². The van der Waals surface area contributed by atoms with Crippen molar-refractivity contribution in [3.8, 4) is 11.8 Å². The highest BCUT2D eigenvalue weighted by Gasteiger charge is 2.35. The Morgan fingerprint density at radius 2 is 1.12 bits per heavy atom. The second kappa shape index (κ2) is 16.4. The molecule has 2 aliphatic heterocycles. The van der Waals surface area contributed by atoms with Gasteiger partial charge in [0.05, 0.1) is 59.7 Å². The average Bonchev–Trinajstić information content (AvgIpc) is 4.04. The van der Waals surface area contributed by atoms with Crippen LogP contribution in [0.1, 0.15) is 50.6 Å². The van der Waals surface area contributed by atoms with E-state index in [4.69, 9.17) is 9.47 Å². The number of alkyl halides is 2. The summed E-state index contributed by atoms with van der Waals surface area (Å²) in [5.41, 5.74) is 2.68. The van der Waals surface area contributed by atoms with E-state index in [-0.39, 0.29) is 49.5 Å². The lowest BCUT2D eigenvalue weighted by Gasteiger charge is -2.34. The second-order valence-electron chi connectivity index (χ2n) is 15.2. The summed E-state index contributed by atoms with van der Waals surface area (Å²) in [4.78, 5) is 50.9.